The van der Waals surface area contributed by atoms with Gasteiger partial charge in [0.2, 0.25) is 0 Å². The molecule has 0 aliphatic heterocycles. The second-order valence-electron chi connectivity index (χ2n) is 4.67. The maximum absolute atomic E-state index is 12.7. The zero-order valence-corrected chi connectivity index (χ0v) is 14.6. The summed E-state index contributed by atoms with van der Waals surface area (Å²) in [6.45, 7) is 2.04. The van der Waals surface area contributed by atoms with E-state index in [1.807, 2.05) is 0 Å². The molecular formula is C16H16ClNO5S. The van der Waals surface area contributed by atoms with Crippen molar-refractivity contribution in [3.8, 4) is 5.75 Å². The van der Waals surface area contributed by atoms with Crippen LogP contribution in [0.3, 0.4) is 0 Å². The van der Waals surface area contributed by atoms with Crippen molar-refractivity contribution in [1.29, 1.82) is 0 Å². The number of rotatable bonds is 6. The second-order valence-corrected chi connectivity index (χ2v) is 6.75. The number of carbonyl (C=O) groups is 1. The number of hydrogen-bond acceptors (Lipinski definition) is 5. The first-order valence-corrected chi connectivity index (χ1v) is 8.87. The fourth-order valence-corrected chi connectivity index (χ4v) is 3.51. The Balaban J connectivity index is 2.47. The first kappa shape index (κ1) is 18.1. The summed E-state index contributed by atoms with van der Waals surface area (Å²) in [4.78, 5) is 11.7. The fraction of sp³-hybridized carbons (Fsp3) is 0.188. The van der Waals surface area contributed by atoms with Gasteiger partial charge in [-0.15, -0.1) is 0 Å². The van der Waals surface area contributed by atoms with Gasteiger partial charge in [0, 0.05) is 5.02 Å². The van der Waals surface area contributed by atoms with Crippen molar-refractivity contribution in [2.45, 2.75) is 11.8 Å². The summed E-state index contributed by atoms with van der Waals surface area (Å²) >= 11 is 5.91. The van der Waals surface area contributed by atoms with Gasteiger partial charge >= 0.3 is 5.97 Å². The van der Waals surface area contributed by atoms with Gasteiger partial charge in [0.25, 0.3) is 10.0 Å². The van der Waals surface area contributed by atoms with E-state index < -0.39 is 16.0 Å². The highest BCUT2D eigenvalue weighted by Gasteiger charge is 2.23. The lowest BCUT2D eigenvalue weighted by molar-refractivity contribution is 0.0602. The predicted molar refractivity (Wildman–Crippen MR) is 91.2 cm³/mol. The number of carbonyl (C=O) groups excluding carboxylic acids is 1. The Hall–Kier alpha value is -2.25. The van der Waals surface area contributed by atoms with Gasteiger partial charge in [-0.05, 0) is 37.3 Å². The Bertz CT molecular complexity index is 851. The number of benzene rings is 2. The quantitative estimate of drug-likeness (QED) is 0.790. The van der Waals surface area contributed by atoms with Crippen LogP contribution in [0.1, 0.15) is 17.3 Å². The number of anilines is 1. The van der Waals surface area contributed by atoms with Crippen molar-refractivity contribution in [1.82, 2.24) is 0 Å². The molecule has 0 unspecified atom stereocenters. The van der Waals surface area contributed by atoms with Crippen LogP contribution in [0.4, 0.5) is 5.69 Å². The summed E-state index contributed by atoms with van der Waals surface area (Å²) in [5.41, 5.74) is 0.204. The van der Waals surface area contributed by atoms with Crippen LogP contribution in [-0.4, -0.2) is 28.1 Å². The topological polar surface area (TPSA) is 81.7 Å². The number of halogens is 1. The third kappa shape index (κ3) is 3.98. The number of nitrogens with one attached hydrogen (secondary N) is 1. The fourth-order valence-electron chi connectivity index (χ4n) is 2.03. The van der Waals surface area contributed by atoms with Crippen LogP contribution in [0.15, 0.2) is 47.4 Å². The Kier molecular flexibility index (Phi) is 5.69. The number of methoxy groups -OCH3 is 1. The van der Waals surface area contributed by atoms with Gasteiger partial charge in [0.15, 0.2) is 0 Å². The number of hydrogen-bond donors (Lipinski definition) is 1. The molecule has 2 aromatic carbocycles. The van der Waals surface area contributed by atoms with Crippen molar-refractivity contribution >= 4 is 33.3 Å². The molecule has 0 saturated heterocycles. The molecule has 2 aromatic rings. The zero-order valence-electron chi connectivity index (χ0n) is 13.1. The number of para-hydroxylation sites is 1. The van der Waals surface area contributed by atoms with E-state index in [2.05, 4.69) is 9.46 Å². The summed E-state index contributed by atoms with van der Waals surface area (Å²) < 4.78 is 37.8. The molecule has 2 rings (SSSR count). The van der Waals surface area contributed by atoms with E-state index in [9.17, 15) is 13.2 Å². The van der Waals surface area contributed by atoms with Crippen LogP contribution in [0.5, 0.6) is 5.75 Å². The molecule has 8 heteroatoms. The first-order valence-electron chi connectivity index (χ1n) is 7.01. The number of ether oxygens (including phenoxy) is 2. The van der Waals surface area contributed by atoms with Crippen LogP contribution in [0.25, 0.3) is 0 Å². The lowest BCUT2D eigenvalue weighted by atomic mass is 10.2. The highest BCUT2D eigenvalue weighted by atomic mass is 35.5. The van der Waals surface area contributed by atoms with Crippen molar-refractivity contribution in [3.63, 3.8) is 0 Å². The molecule has 0 aliphatic carbocycles. The summed E-state index contributed by atoms with van der Waals surface area (Å²) in [6.07, 6.45) is 0. The van der Waals surface area contributed by atoms with Crippen LogP contribution < -0.4 is 9.46 Å². The normalized spacial score (nSPS) is 11.0. The molecule has 0 radical (unpaired) electrons. The van der Waals surface area contributed by atoms with Crippen molar-refractivity contribution in [2.24, 2.45) is 0 Å². The molecule has 0 aliphatic rings. The maximum Gasteiger partial charge on any atom is 0.339 e. The molecule has 0 heterocycles. The second kappa shape index (κ2) is 7.55. The largest absolute Gasteiger partial charge is 0.492 e. The summed E-state index contributed by atoms with van der Waals surface area (Å²) in [6, 6.07) is 10.4. The monoisotopic (exact) mass is 369 g/mol. The molecular weight excluding hydrogens is 354 g/mol. The maximum atomic E-state index is 12.7. The third-order valence-corrected chi connectivity index (χ3v) is 4.69. The van der Waals surface area contributed by atoms with Gasteiger partial charge in [-0.3, -0.25) is 4.72 Å². The lowest BCUT2D eigenvalue weighted by Crippen LogP contribution is -2.17. The van der Waals surface area contributed by atoms with Crippen molar-refractivity contribution < 1.29 is 22.7 Å². The van der Waals surface area contributed by atoms with Crippen LogP contribution in [0, 0.1) is 0 Å². The highest BCUT2D eigenvalue weighted by molar-refractivity contribution is 7.92. The first-order chi connectivity index (χ1) is 11.4. The number of esters is 1. The van der Waals surface area contributed by atoms with Gasteiger partial charge in [0.05, 0.1) is 25.0 Å². The SMILES string of the molecule is CCOc1ccc(Cl)cc1S(=O)(=O)Nc1ccccc1C(=O)OC. The Morgan fingerprint density at radius 2 is 1.92 bits per heavy atom. The van der Waals surface area contributed by atoms with Gasteiger partial charge in [-0.25, -0.2) is 13.2 Å². The van der Waals surface area contributed by atoms with Gasteiger partial charge in [-0.2, -0.15) is 0 Å². The Morgan fingerprint density at radius 1 is 1.21 bits per heavy atom. The van der Waals surface area contributed by atoms with Gasteiger partial charge in [0.1, 0.15) is 10.6 Å². The van der Waals surface area contributed by atoms with Crippen LogP contribution in [-0.2, 0) is 14.8 Å². The highest BCUT2D eigenvalue weighted by Crippen LogP contribution is 2.30. The van der Waals surface area contributed by atoms with Crippen LogP contribution >= 0.6 is 11.6 Å². The van der Waals surface area contributed by atoms with E-state index >= 15 is 0 Å². The number of sulfonamides is 1. The van der Waals surface area contributed by atoms with E-state index in [1.54, 1.807) is 19.1 Å². The Labute approximate surface area is 145 Å². The predicted octanol–water partition coefficient (Wildman–Crippen LogP) is 3.33. The molecule has 6 nitrogen and oxygen atoms in total. The molecule has 0 amide bonds. The van der Waals surface area contributed by atoms with Crippen LogP contribution in [0.2, 0.25) is 5.02 Å². The molecule has 0 saturated carbocycles. The van der Waals surface area contributed by atoms with E-state index in [0.29, 0.717) is 6.61 Å². The molecule has 0 spiro atoms. The lowest BCUT2D eigenvalue weighted by Gasteiger charge is -2.14. The summed E-state index contributed by atoms with van der Waals surface area (Å²) in [5.74, 6) is -0.477. The minimum atomic E-state index is -4.02. The molecule has 24 heavy (non-hydrogen) atoms. The van der Waals surface area contributed by atoms with Gasteiger partial charge < -0.3 is 9.47 Å². The van der Waals surface area contributed by atoms with E-state index in [0.717, 1.165) is 0 Å². The molecule has 0 atom stereocenters. The molecule has 0 bridgehead atoms. The summed E-state index contributed by atoms with van der Waals surface area (Å²) in [7, 11) is -2.80. The zero-order chi connectivity index (χ0) is 17.7. The minimum absolute atomic E-state index is 0.101. The van der Waals surface area contributed by atoms with Crippen molar-refractivity contribution in [2.75, 3.05) is 18.4 Å². The average molecular weight is 370 g/mol. The molecule has 0 aromatic heterocycles. The molecule has 0 fully saturated rings. The van der Waals surface area contributed by atoms with Gasteiger partial charge in [-0.1, -0.05) is 23.7 Å². The van der Waals surface area contributed by atoms with E-state index in [1.165, 1.54) is 37.4 Å². The molecule has 1 N–H and O–H groups in total. The smallest absolute Gasteiger partial charge is 0.339 e. The van der Waals surface area contributed by atoms with E-state index in [-0.39, 0.29) is 26.9 Å². The average Bonchev–Trinajstić information content (AvgIpc) is 2.56. The third-order valence-electron chi connectivity index (χ3n) is 3.07. The molecule has 128 valence electrons. The minimum Gasteiger partial charge on any atom is -0.492 e. The summed E-state index contributed by atoms with van der Waals surface area (Å²) in [5, 5.41) is 0.250. The standard InChI is InChI=1S/C16H16ClNO5S/c1-3-23-14-9-8-11(17)10-15(14)24(20,21)18-13-7-5-4-6-12(13)16(19)22-2/h4-10,18H,3H2,1-2H3. The van der Waals surface area contributed by atoms with Crippen molar-refractivity contribution in [3.05, 3.63) is 53.1 Å². The Morgan fingerprint density at radius 3 is 2.58 bits per heavy atom. The van der Waals surface area contributed by atoms with E-state index in [4.69, 9.17) is 16.3 Å².